The van der Waals surface area contributed by atoms with Crippen LogP contribution in [0.5, 0.6) is 11.5 Å². The van der Waals surface area contributed by atoms with Gasteiger partial charge in [0.05, 0.1) is 26.0 Å². The number of rotatable bonds is 4. The first-order chi connectivity index (χ1) is 14.4. The SMILES string of the molecule is COc1cc2c(cc1OC)[C@H]1CN(C)CC[C@H]1N=C2c1ccc(C(=O)N(C)C)cc1. The van der Waals surface area contributed by atoms with E-state index >= 15 is 0 Å². The summed E-state index contributed by atoms with van der Waals surface area (Å²) in [5, 5.41) is 0. The van der Waals surface area contributed by atoms with Gasteiger partial charge in [-0.05, 0) is 49.8 Å². The third kappa shape index (κ3) is 3.56. The van der Waals surface area contributed by atoms with E-state index in [-0.39, 0.29) is 11.9 Å². The van der Waals surface area contributed by atoms with Crippen LogP contribution in [0.3, 0.4) is 0 Å². The van der Waals surface area contributed by atoms with Crippen molar-refractivity contribution in [1.29, 1.82) is 0 Å². The Morgan fingerprint density at radius 1 is 1.10 bits per heavy atom. The molecule has 1 amide bonds. The fourth-order valence-corrected chi connectivity index (χ4v) is 4.46. The summed E-state index contributed by atoms with van der Waals surface area (Å²) in [6.45, 7) is 2.01. The molecule has 2 aliphatic heterocycles. The van der Waals surface area contributed by atoms with E-state index in [1.807, 2.05) is 30.3 Å². The fraction of sp³-hybridized carbons (Fsp3) is 0.417. The van der Waals surface area contributed by atoms with Gasteiger partial charge < -0.3 is 19.3 Å². The number of likely N-dealkylation sites (tertiary alicyclic amines) is 1. The molecule has 2 atom stereocenters. The number of amides is 1. The molecule has 0 aromatic heterocycles. The Hall–Kier alpha value is -2.86. The lowest BCUT2D eigenvalue weighted by Gasteiger charge is -2.39. The van der Waals surface area contributed by atoms with Crippen molar-refractivity contribution in [1.82, 2.24) is 9.80 Å². The van der Waals surface area contributed by atoms with E-state index in [1.54, 1.807) is 33.2 Å². The smallest absolute Gasteiger partial charge is 0.253 e. The summed E-state index contributed by atoms with van der Waals surface area (Å²) >= 11 is 0. The molecule has 0 unspecified atom stereocenters. The minimum absolute atomic E-state index is 0.00526. The van der Waals surface area contributed by atoms with E-state index in [0.717, 1.165) is 42.1 Å². The number of likely N-dealkylation sites (N-methyl/N-ethyl adjacent to an activating group) is 1. The average molecular weight is 408 g/mol. The number of ether oxygens (including phenoxy) is 2. The molecule has 2 heterocycles. The lowest BCUT2D eigenvalue weighted by molar-refractivity contribution is 0.0827. The van der Waals surface area contributed by atoms with Gasteiger partial charge >= 0.3 is 0 Å². The first-order valence-corrected chi connectivity index (χ1v) is 10.3. The van der Waals surface area contributed by atoms with Crippen molar-refractivity contribution in [2.24, 2.45) is 4.99 Å². The lowest BCUT2D eigenvalue weighted by atomic mass is 9.79. The van der Waals surface area contributed by atoms with Crippen molar-refractivity contribution in [3.63, 3.8) is 0 Å². The van der Waals surface area contributed by atoms with Crippen LogP contribution >= 0.6 is 0 Å². The maximum absolute atomic E-state index is 12.3. The van der Waals surface area contributed by atoms with Crippen LogP contribution in [0.25, 0.3) is 0 Å². The maximum atomic E-state index is 12.3. The van der Waals surface area contributed by atoms with E-state index in [2.05, 4.69) is 18.0 Å². The molecule has 0 aliphatic carbocycles. The quantitative estimate of drug-likeness (QED) is 0.782. The Kier molecular flexibility index (Phi) is 5.52. The molecule has 0 radical (unpaired) electrons. The van der Waals surface area contributed by atoms with Crippen molar-refractivity contribution in [3.8, 4) is 11.5 Å². The molecule has 0 spiro atoms. The second-order valence-electron chi connectivity index (χ2n) is 8.27. The number of hydrogen-bond acceptors (Lipinski definition) is 5. The first-order valence-electron chi connectivity index (χ1n) is 10.3. The minimum atomic E-state index is -0.00526. The Morgan fingerprint density at radius 3 is 2.40 bits per heavy atom. The average Bonchev–Trinajstić information content (AvgIpc) is 2.77. The highest BCUT2D eigenvalue weighted by Gasteiger charge is 2.36. The van der Waals surface area contributed by atoms with Gasteiger partial charge in [0.2, 0.25) is 0 Å². The van der Waals surface area contributed by atoms with E-state index < -0.39 is 0 Å². The molecule has 1 saturated heterocycles. The largest absolute Gasteiger partial charge is 0.493 e. The highest BCUT2D eigenvalue weighted by molar-refractivity contribution is 6.15. The monoisotopic (exact) mass is 407 g/mol. The van der Waals surface area contributed by atoms with Crippen molar-refractivity contribution < 1.29 is 14.3 Å². The Morgan fingerprint density at radius 2 is 1.77 bits per heavy atom. The summed E-state index contributed by atoms with van der Waals surface area (Å²) in [6.07, 6.45) is 1.02. The molecular weight excluding hydrogens is 378 g/mol. The highest BCUT2D eigenvalue weighted by atomic mass is 16.5. The second-order valence-corrected chi connectivity index (χ2v) is 8.27. The first kappa shape index (κ1) is 20.4. The third-order valence-electron chi connectivity index (χ3n) is 6.10. The van der Waals surface area contributed by atoms with Gasteiger partial charge in [-0.1, -0.05) is 12.1 Å². The second kappa shape index (κ2) is 8.11. The number of carbonyl (C=O) groups is 1. The predicted octanol–water partition coefficient (Wildman–Crippen LogP) is 3.04. The van der Waals surface area contributed by atoms with Crippen LogP contribution in [0.1, 0.15) is 39.4 Å². The lowest BCUT2D eigenvalue weighted by Crippen LogP contribution is -2.41. The zero-order valence-corrected chi connectivity index (χ0v) is 18.3. The Labute approximate surface area is 178 Å². The van der Waals surface area contributed by atoms with Gasteiger partial charge in [-0.25, -0.2) is 0 Å². The number of piperidine rings is 1. The van der Waals surface area contributed by atoms with E-state index in [1.165, 1.54) is 5.56 Å². The molecule has 1 fully saturated rings. The van der Waals surface area contributed by atoms with E-state index in [0.29, 0.717) is 17.2 Å². The van der Waals surface area contributed by atoms with Crippen LogP contribution in [0, 0.1) is 0 Å². The maximum Gasteiger partial charge on any atom is 0.253 e. The van der Waals surface area contributed by atoms with E-state index in [9.17, 15) is 4.79 Å². The molecule has 2 aliphatic rings. The Bertz CT molecular complexity index is 982. The van der Waals surface area contributed by atoms with E-state index in [4.69, 9.17) is 14.5 Å². The molecule has 0 saturated carbocycles. The molecule has 2 aromatic rings. The van der Waals surface area contributed by atoms with Crippen LogP contribution in [0.15, 0.2) is 41.4 Å². The number of aliphatic imine (C=N–C) groups is 1. The topological polar surface area (TPSA) is 54.4 Å². The molecular formula is C24H29N3O3. The van der Waals surface area contributed by atoms with Gasteiger partial charge in [-0.15, -0.1) is 0 Å². The standard InChI is InChI=1S/C24H29N3O3/c1-26(2)24(28)16-8-6-15(7-9-16)23-18-13-22(30-5)21(29-4)12-17(18)19-14-27(3)11-10-20(19)25-23/h6-9,12-13,19-20H,10-11,14H2,1-5H3/t19-,20-/m1/s1. The van der Waals surface area contributed by atoms with Gasteiger partial charge in [-0.2, -0.15) is 0 Å². The van der Waals surface area contributed by atoms with Crippen molar-refractivity contribution in [2.45, 2.75) is 18.4 Å². The summed E-state index contributed by atoms with van der Waals surface area (Å²) in [4.78, 5) is 21.4. The zero-order chi connectivity index (χ0) is 21.4. The number of methoxy groups -OCH3 is 2. The van der Waals surface area contributed by atoms with Gasteiger partial charge in [0.25, 0.3) is 5.91 Å². The zero-order valence-electron chi connectivity index (χ0n) is 18.3. The predicted molar refractivity (Wildman–Crippen MR) is 118 cm³/mol. The summed E-state index contributed by atoms with van der Waals surface area (Å²) in [6, 6.07) is 12.1. The van der Waals surface area contributed by atoms with Gasteiger partial charge in [0.1, 0.15) is 0 Å². The van der Waals surface area contributed by atoms with Crippen molar-refractivity contribution >= 4 is 11.6 Å². The summed E-state index contributed by atoms with van der Waals surface area (Å²) in [5.74, 6) is 1.77. The summed E-state index contributed by atoms with van der Waals surface area (Å²) < 4.78 is 11.2. The molecule has 0 N–H and O–H groups in total. The van der Waals surface area contributed by atoms with Crippen molar-refractivity contribution in [3.05, 3.63) is 58.7 Å². The third-order valence-corrected chi connectivity index (χ3v) is 6.10. The number of benzene rings is 2. The fourth-order valence-electron chi connectivity index (χ4n) is 4.46. The molecule has 2 aromatic carbocycles. The molecule has 158 valence electrons. The summed E-state index contributed by atoms with van der Waals surface area (Å²) in [5.41, 5.74) is 4.97. The Balaban J connectivity index is 1.81. The van der Waals surface area contributed by atoms with Crippen LogP contribution in [-0.2, 0) is 0 Å². The number of nitrogens with zero attached hydrogens (tertiary/aromatic N) is 3. The molecule has 4 rings (SSSR count). The van der Waals surface area contributed by atoms with Gasteiger partial charge in [0, 0.05) is 43.2 Å². The van der Waals surface area contributed by atoms with Crippen LogP contribution < -0.4 is 9.47 Å². The van der Waals surface area contributed by atoms with Gasteiger partial charge in [0.15, 0.2) is 11.5 Å². The van der Waals surface area contributed by atoms with Gasteiger partial charge in [-0.3, -0.25) is 9.79 Å². The summed E-state index contributed by atoms with van der Waals surface area (Å²) in [7, 11) is 9.02. The molecule has 30 heavy (non-hydrogen) atoms. The number of fused-ring (bicyclic) bond motifs is 3. The molecule has 0 bridgehead atoms. The van der Waals surface area contributed by atoms with Crippen LogP contribution in [-0.4, -0.2) is 75.9 Å². The number of carbonyl (C=O) groups excluding carboxylic acids is 1. The number of hydrogen-bond donors (Lipinski definition) is 0. The minimum Gasteiger partial charge on any atom is -0.493 e. The van der Waals surface area contributed by atoms with Crippen LogP contribution in [0.2, 0.25) is 0 Å². The normalized spacial score (nSPS) is 20.6. The molecule has 6 heteroatoms. The highest BCUT2D eigenvalue weighted by Crippen LogP contribution is 2.42. The molecule has 6 nitrogen and oxygen atoms in total. The van der Waals surface area contributed by atoms with Crippen LogP contribution in [0.4, 0.5) is 0 Å². The van der Waals surface area contributed by atoms with Crippen molar-refractivity contribution in [2.75, 3.05) is 48.5 Å².